The molecular formula is C19H15F3N4O. The lowest BCUT2D eigenvalue weighted by molar-refractivity contribution is -0.138. The van der Waals surface area contributed by atoms with E-state index < -0.39 is 11.7 Å². The second-order valence-electron chi connectivity index (χ2n) is 5.99. The molecule has 0 atom stereocenters. The third-order valence-corrected chi connectivity index (χ3v) is 4.36. The van der Waals surface area contributed by atoms with Gasteiger partial charge in [-0.1, -0.05) is 18.2 Å². The number of aromatic amines is 1. The first-order valence-corrected chi connectivity index (χ1v) is 8.17. The van der Waals surface area contributed by atoms with Gasteiger partial charge in [0.25, 0.3) is 0 Å². The summed E-state index contributed by atoms with van der Waals surface area (Å²) in [7, 11) is 1.58. The highest BCUT2D eigenvalue weighted by molar-refractivity contribution is 6.08. The first kappa shape index (κ1) is 17.1. The zero-order valence-corrected chi connectivity index (χ0v) is 14.3. The fraction of sp³-hybridized carbons (Fsp3) is 0.158. The molecule has 2 N–H and O–H groups in total. The second-order valence-corrected chi connectivity index (χ2v) is 5.99. The molecule has 0 spiro atoms. The van der Waals surface area contributed by atoms with Gasteiger partial charge in [-0.2, -0.15) is 13.2 Å². The smallest absolute Gasteiger partial charge is 0.416 e. The highest BCUT2D eigenvalue weighted by Gasteiger charge is 2.32. The largest absolute Gasteiger partial charge is 0.497 e. The third kappa shape index (κ3) is 3.14. The lowest BCUT2D eigenvalue weighted by atomic mass is 10.1. The quantitative estimate of drug-likeness (QED) is 0.543. The Balaban J connectivity index is 1.71. The molecular weight excluding hydrogens is 357 g/mol. The van der Waals surface area contributed by atoms with Crippen LogP contribution in [0, 0.1) is 0 Å². The van der Waals surface area contributed by atoms with Crippen molar-refractivity contribution < 1.29 is 17.9 Å². The number of nitrogens with one attached hydrogen (secondary N) is 2. The summed E-state index contributed by atoms with van der Waals surface area (Å²) >= 11 is 0. The van der Waals surface area contributed by atoms with Crippen LogP contribution in [0.15, 0.2) is 48.8 Å². The monoisotopic (exact) mass is 372 g/mol. The van der Waals surface area contributed by atoms with Crippen molar-refractivity contribution in [3.05, 3.63) is 59.9 Å². The summed E-state index contributed by atoms with van der Waals surface area (Å²) in [5.41, 5.74) is 1.62. The molecule has 138 valence electrons. The van der Waals surface area contributed by atoms with Gasteiger partial charge >= 0.3 is 6.18 Å². The Bertz CT molecular complexity index is 1120. The van der Waals surface area contributed by atoms with Crippen LogP contribution < -0.4 is 10.1 Å². The topological polar surface area (TPSA) is 62.8 Å². The van der Waals surface area contributed by atoms with Gasteiger partial charge in [-0.15, -0.1) is 0 Å². The van der Waals surface area contributed by atoms with Crippen molar-refractivity contribution in [2.45, 2.75) is 12.7 Å². The molecule has 4 aromatic rings. The van der Waals surface area contributed by atoms with Gasteiger partial charge in [0.1, 0.15) is 23.1 Å². The first-order chi connectivity index (χ1) is 13.0. The number of H-pyrrole nitrogens is 1. The zero-order chi connectivity index (χ0) is 19.0. The highest BCUT2D eigenvalue weighted by Crippen LogP contribution is 2.33. The summed E-state index contributed by atoms with van der Waals surface area (Å²) in [6, 6.07) is 11.0. The fourth-order valence-corrected chi connectivity index (χ4v) is 3.06. The van der Waals surface area contributed by atoms with Crippen LogP contribution in [0.3, 0.4) is 0 Å². The molecule has 4 rings (SSSR count). The van der Waals surface area contributed by atoms with Gasteiger partial charge in [-0.05, 0) is 29.8 Å². The van der Waals surface area contributed by atoms with Crippen molar-refractivity contribution in [3.8, 4) is 5.75 Å². The number of aromatic nitrogens is 3. The molecule has 2 heterocycles. The highest BCUT2D eigenvalue weighted by atomic mass is 19.4. The van der Waals surface area contributed by atoms with E-state index in [0.717, 1.165) is 17.0 Å². The van der Waals surface area contributed by atoms with E-state index in [0.29, 0.717) is 22.6 Å². The summed E-state index contributed by atoms with van der Waals surface area (Å²) in [4.78, 5) is 11.7. The maximum Gasteiger partial charge on any atom is 0.416 e. The molecule has 0 saturated carbocycles. The van der Waals surface area contributed by atoms with Crippen molar-refractivity contribution in [1.82, 2.24) is 15.0 Å². The molecule has 0 aliphatic heterocycles. The molecule has 2 aromatic carbocycles. The Morgan fingerprint density at radius 1 is 1.11 bits per heavy atom. The van der Waals surface area contributed by atoms with E-state index in [-0.39, 0.29) is 12.1 Å². The third-order valence-electron chi connectivity index (χ3n) is 4.36. The Labute approximate surface area is 152 Å². The molecule has 0 saturated heterocycles. The Morgan fingerprint density at radius 2 is 1.93 bits per heavy atom. The summed E-state index contributed by atoms with van der Waals surface area (Å²) in [5.74, 6) is 1.13. The predicted molar refractivity (Wildman–Crippen MR) is 96.7 cm³/mol. The SMILES string of the molecule is COc1ccc2[nH]c3c(NCc4ccccc4C(F)(F)F)ncnc3c2c1. The number of anilines is 1. The average molecular weight is 372 g/mol. The van der Waals surface area contributed by atoms with Crippen molar-refractivity contribution in [1.29, 1.82) is 0 Å². The van der Waals surface area contributed by atoms with E-state index >= 15 is 0 Å². The maximum absolute atomic E-state index is 13.2. The summed E-state index contributed by atoms with van der Waals surface area (Å²) in [6.07, 6.45) is -3.02. The molecule has 0 amide bonds. The second kappa shape index (κ2) is 6.46. The number of nitrogens with zero attached hydrogens (tertiary/aromatic N) is 2. The van der Waals surface area contributed by atoms with Crippen molar-refractivity contribution in [3.63, 3.8) is 0 Å². The maximum atomic E-state index is 13.2. The Hall–Kier alpha value is -3.29. The number of methoxy groups -OCH3 is 1. The van der Waals surface area contributed by atoms with Gasteiger partial charge < -0.3 is 15.0 Å². The molecule has 0 radical (unpaired) electrons. The van der Waals surface area contributed by atoms with E-state index in [1.165, 1.54) is 18.5 Å². The van der Waals surface area contributed by atoms with Crippen molar-refractivity contribution >= 4 is 27.8 Å². The number of fused-ring (bicyclic) bond motifs is 3. The van der Waals surface area contributed by atoms with Crippen LogP contribution in [0.4, 0.5) is 19.0 Å². The van der Waals surface area contributed by atoms with Crippen LogP contribution in [-0.4, -0.2) is 22.1 Å². The van der Waals surface area contributed by atoms with E-state index in [1.807, 2.05) is 18.2 Å². The van der Waals surface area contributed by atoms with Crippen LogP contribution >= 0.6 is 0 Å². The number of ether oxygens (including phenoxy) is 1. The summed E-state index contributed by atoms with van der Waals surface area (Å²) in [5, 5.41) is 3.84. The zero-order valence-electron chi connectivity index (χ0n) is 14.3. The van der Waals surface area contributed by atoms with E-state index in [9.17, 15) is 13.2 Å². The van der Waals surface area contributed by atoms with Crippen LogP contribution in [0.1, 0.15) is 11.1 Å². The van der Waals surface area contributed by atoms with Crippen LogP contribution in [-0.2, 0) is 12.7 Å². The Morgan fingerprint density at radius 3 is 2.70 bits per heavy atom. The Kier molecular flexibility index (Phi) is 4.10. The molecule has 0 aliphatic rings. The molecule has 0 bridgehead atoms. The van der Waals surface area contributed by atoms with Gasteiger partial charge in [0.15, 0.2) is 5.82 Å². The molecule has 0 aliphatic carbocycles. The summed E-state index contributed by atoms with van der Waals surface area (Å²) < 4.78 is 44.7. The minimum Gasteiger partial charge on any atom is -0.497 e. The lowest BCUT2D eigenvalue weighted by Crippen LogP contribution is -2.12. The number of alkyl halides is 3. The number of hydrogen-bond acceptors (Lipinski definition) is 4. The number of halogens is 3. The fourth-order valence-electron chi connectivity index (χ4n) is 3.06. The predicted octanol–water partition coefficient (Wildman–Crippen LogP) is 4.75. The number of benzene rings is 2. The minimum absolute atomic E-state index is 0.0134. The number of hydrogen-bond donors (Lipinski definition) is 2. The van der Waals surface area contributed by atoms with Crippen LogP contribution in [0.2, 0.25) is 0 Å². The van der Waals surface area contributed by atoms with Crippen LogP contribution in [0.5, 0.6) is 5.75 Å². The minimum atomic E-state index is -4.41. The molecule has 0 unspecified atom stereocenters. The van der Waals surface area contributed by atoms with Crippen LogP contribution in [0.25, 0.3) is 21.9 Å². The van der Waals surface area contributed by atoms with Gasteiger partial charge in [-0.25, -0.2) is 9.97 Å². The van der Waals surface area contributed by atoms with Gasteiger partial charge in [0, 0.05) is 17.4 Å². The normalized spacial score (nSPS) is 11.9. The molecule has 5 nitrogen and oxygen atoms in total. The average Bonchev–Trinajstić information content (AvgIpc) is 3.04. The molecule has 8 heteroatoms. The van der Waals surface area contributed by atoms with Crippen molar-refractivity contribution in [2.24, 2.45) is 0 Å². The molecule has 0 fully saturated rings. The first-order valence-electron chi connectivity index (χ1n) is 8.17. The van der Waals surface area contributed by atoms with Gasteiger partial charge in [0.2, 0.25) is 0 Å². The molecule has 27 heavy (non-hydrogen) atoms. The van der Waals surface area contributed by atoms with Gasteiger partial charge in [0.05, 0.1) is 12.7 Å². The lowest BCUT2D eigenvalue weighted by Gasteiger charge is -2.13. The molecule has 2 aromatic heterocycles. The van der Waals surface area contributed by atoms with E-state index in [2.05, 4.69) is 20.3 Å². The van der Waals surface area contributed by atoms with Gasteiger partial charge in [-0.3, -0.25) is 0 Å². The van der Waals surface area contributed by atoms with E-state index in [4.69, 9.17) is 4.74 Å². The summed E-state index contributed by atoms with van der Waals surface area (Å²) in [6.45, 7) is -0.0134. The number of rotatable bonds is 4. The standard InChI is InChI=1S/C19H15F3N4O/c1-27-12-6-7-15-13(8-12)16-17(26-15)18(25-10-24-16)23-9-11-4-2-3-5-14(11)19(20,21)22/h2-8,10,26H,9H2,1H3,(H,23,24,25). The van der Waals surface area contributed by atoms with E-state index in [1.54, 1.807) is 13.2 Å². The van der Waals surface area contributed by atoms with Crippen molar-refractivity contribution in [2.75, 3.05) is 12.4 Å².